The number of carbonyl (C=O) groups excluding carboxylic acids is 3. The minimum absolute atomic E-state index is 0.124. The Bertz CT molecular complexity index is 1410. The third-order valence-corrected chi connectivity index (χ3v) is 7.46. The summed E-state index contributed by atoms with van der Waals surface area (Å²) in [7, 11) is 3.98. The van der Waals surface area contributed by atoms with Crippen molar-refractivity contribution in [3.8, 4) is 11.5 Å². The molecule has 0 spiro atoms. The Morgan fingerprint density at radius 2 is 1.83 bits per heavy atom. The first kappa shape index (κ1) is 29.9. The molecule has 0 saturated carbocycles. The first-order valence-corrected chi connectivity index (χ1v) is 14.2. The van der Waals surface area contributed by atoms with Crippen molar-refractivity contribution in [1.82, 2.24) is 19.9 Å². The van der Waals surface area contributed by atoms with Crippen LogP contribution in [-0.2, 0) is 20.8 Å². The summed E-state index contributed by atoms with van der Waals surface area (Å²) in [6.07, 6.45) is 2.27. The van der Waals surface area contributed by atoms with Gasteiger partial charge in [-0.2, -0.15) is 0 Å². The summed E-state index contributed by atoms with van der Waals surface area (Å²) in [4.78, 5) is 41.7. The van der Waals surface area contributed by atoms with Crippen LogP contribution < -0.4 is 14.8 Å². The van der Waals surface area contributed by atoms with Crippen molar-refractivity contribution in [2.45, 2.75) is 36.9 Å². The summed E-state index contributed by atoms with van der Waals surface area (Å²) < 4.78 is 22.2. The van der Waals surface area contributed by atoms with E-state index in [0.29, 0.717) is 43.3 Å². The van der Waals surface area contributed by atoms with Gasteiger partial charge in [-0.25, -0.2) is 14.3 Å². The number of aromatic nitrogens is 3. The highest BCUT2D eigenvalue weighted by Gasteiger charge is 2.41. The van der Waals surface area contributed by atoms with E-state index in [1.807, 2.05) is 60.5 Å². The number of anilines is 1. The van der Waals surface area contributed by atoms with Crippen LogP contribution in [0.5, 0.6) is 11.5 Å². The van der Waals surface area contributed by atoms with E-state index in [1.165, 1.54) is 18.9 Å². The van der Waals surface area contributed by atoms with Gasteiger partial charge in [-0.1, -0.05) is 17.3 Å². The standard InChI is InChI=1S/C28H33N5O7S/c1-6-40-23-12-17(10-11-22(23)37-2)15-32-16-19(33-25(28(36)39-4)24(30-31-33)27(35)38-3)14-21(32)26(34)29-18-8-7-9-20(13-18)41-5/h7-13,19,21H,6,14-16H2,1-5H3,(H,29,34)/t19-,21-/m0/s1. The fourth-order valence-corrected chi connectivity index (χ4v) is 5.28. The molecule has 4 rings (SSSR count). The molecule has 3 aromatic rings. The molecule has 1 fully saturated rings. The van der Waals surface area contributed by atoms with E-state index in [2.05, 4.69) is 15.6 Å². The van der Waals surface area contributed by atoms with Gasteiger partial charge in [0.25, 0.3) is 0 Å². The number of nitrogens with one attached hydrogen (secondary N) is 1. The molecule has 13 heteroatoms. The number of carbonyl (C=O) groups is 3. The average molecular weight is 584 g/mol. The number of ether oxygens (including phenoxy) is 4. The van der Waals surface area contributed by atoms with Crippen LogP contribution in [0.3, 0.4) is 0 Å². The number of amides is 1. The fraction of sp³-hybridized carbons (Fsp3) is 0.393. The molecule has 0 unspecified atom stereocenters. The van der Waals surface area contributed by atoms with Gasteiger partial charge in [-0.15, -0.1) is 16.9 Å². The number of benzene rings is 2. The molecule has 41 heavy (non-hydrogen) atoms. The quantitative estimate of drug-likeness (QED) is 0.263. The zero-order chi connectivity index (χ0) is 29.5. The SMILES string of the molecule is CCOc1cc(CN2C[C@@H](n3nnc(C(=O)OC)c3C(=O)OC)C[C@H]2C(=O)Nc2cccc(SC)c2)ccc1OC. The van der Waals surface area contributed by atoms with Crippen molar-refractivity contribution in [2.75, 3.05) is 46.1 Å². The summed E-state index contributed by atoms with van der Waals surface area (Å²) in [5, 5.41) is 11.0. The van der Waals surface area contributed by atoms with Gasteiger partial charge < -0.3 is 24.3 Å². The normalized spacial score (nSPS) is 16.7. The minimum atomic E-state index is -0.809. The molecule has 1 amide bonds. The van der Waals surface area contributed by atoms with Crippen LogP contribution in [0.1, 0.15) is 45.9 Å². The second kappa shape index (κ2) is 13.5. The fourth-order valence-electron chi connectivity index (χ4n) is 4.82. The number of hydrogen-bond donors (Lipinski definition) is 1. The lowest BCUT2D eigenvalue weighted by molar-refractivity contribution is -0.120. The molecule has 0 bridgehead atoms. The lowest BCUT2D eigenvalue weighted by Gasteiger charge is -2.24. The number of hydrogen-bond acceptors (Lipinski definition) is 11. The van der Waals surface area contributed by atoms with Crippen LogP contribution in [0.4, 0.5) is 5.69 Å². The molecule has 0 aliphatic carbocycles. The molecular weight excluding hydrogens is 550 g/mol. The molecule has 2 heterocycles. The van der Waals surface area contributed by atoms with Gasteiger partial charge in [0.15, 0.2) is 17.2 Å². The Morgan fingerprint density at radius 3 is 2.51 bits per heavy atom. The topological polar surface area (TPSA) is 134 Å². The maximum atomic E-state index is 13.7. The molecule has 0 radical (unpaired) electrons. The number of methoxy groups -OCH3 is 3. The van der Waals surface area contributed by atoms with E-state index < -0.39 is 24.0 Å². The Balaban J connectivity index is 1.68. The van der Waals surface area contributed by atoms with Crippen LogP contribution >= 0.6 is 11.8 Å². The van der Waals surface area contributed by atoms with Crippen LogP contribution in [0.2, 0.25) is 0 Å². The first-order valence-electron chi connectivity index (χ1n) is 12.9. The highest BCUT2D eigenvalue weighted by atomic mass is 32.2. The Kier molecular flexibility index (Phi) is 9.84. The Labute approximate surface area is 242 Å². The predicted molar refractivity (Wildman–Crippen MR) is 152 cm³/mol. The number of likely N-dealkylation sites (tertiary alicyclic amines) is 1. The monoisotopic (exact) mass is 583 g/mol. The van der Waals surface area contributed by atoms with Gasteiger partial charge in [-0.3, -0.25) is 9.69 Å². The van der Waals surface area contributed by atoms with Crippen molar-refractivity contribution in [2.24, 2.45) is 0 Å². The van der Waals surface area contributed by atoms with E-state index in [4.69, 9.17) is 18.9 Å². The maximum absolute atomic E-state index is 13.7. The molecule has 1 aromatic heterocycles. The molecular formula is C28H33N5O7S. The largest absolute Gasteiger partial charge is 0.493 e. The van der Waals surface area contributed by atoms with E-state index >= 15 is 0 Å². The molecule has 1 aliphatic rings. The van der Waals surface area contributed by atoms with E-state index in [-0.39, 0.29) is 17.3 Å². The van der Waals surface area contributed by atoms with Gasteiger partial charge in [0.05, 0.1) is 40.0 Å². The number of esters is 2. The summed E-state index contributed by atoms with van der Waals surface area (Å²) in [6.45, 7) is 3.10. The third kappa shape index (κ3) is 6.63. The van der Waals surface area contributed by atoms with Gasteiger partial charge in [-0.05, 0) is 55.5 Å². The number of rotatable bonds is 11. The van der Waals surface area contributed by atoms with E-state index in [9.17, 15) is 14.4 Å². The van der Waals surface area contributed by atoms with Crippen LogP contribution in [0.25, 0.3) is 0 Å². The molecule has 1 aliphatic heterocycles. The summed E-state index contributed by atoms with van der Waals surface area (Å²) in [6, 6.07) is 12.2. The van der Waals surface area contributed by atoms with E-state index in [0.717, 1.165) is 10.5 Å². The molecule has 1 N–H and O–H groups in total. The molecule has 2 aromatic carbocycles. The maximum Gasteiger partial charge on any atom is 0.361 e. The summed E-state index contributed by atoms with van der Waals surface area (Å²) >= 11 is 1.58. The van der Waals surface area contributed by atoms with Crippen molar-refractivity contribution in [1.29, 1.82) is 0 Å². The van der Waals surface area contributed by atoms with Crippen molar-refractivity contribution in [3.63, 3.8) is 0 Å². The highest BCUT2D eigenvalue weighted by Crippen LogP contribution is 2.34. The second-order valence-electron chi connectivity index (χ2n) is 9.19. The zero-order valence-electron chi connectivity index (χ0n) is 23.6. The number of thioether (sulfide) groups is 1. The minimum Gasteiger partial charge on any atom is -0.493 e. The lowest BCUT2D eigenvalue weighted by Crippen LogP contribution is -2.39. The third-order valence-electron chi connectivity index (χ3n) is 6.73. The van der Waals surface area contributed by atoms with Gasteiger partial charge >= 0.3 is 11.9 Å². The Hall–Kier alpha value is -4.10. The van der Waals surface area contributed by atoms with E-state index in [1.54, 1.807) is 18.9 Å². The summed E-state index contributed by atoms with van der Waals surface area (Å²) in [5.74, 6) is -0.586. The molecule has 1 saturated heterocycles. The predicted octanol–water partition coefficient (Wildman–Crippen LogP) is 3.43. The molecule has 218 valence electrons. The van der Waals surface area contributed by atoms with Gasteiger partial charge in [0, 0.05) is 23.7 Å². The summed E-state index contributed by atoms with van der Waals surface area (Å²) in [5.41, 5.74) is 1.21. The van der Waals surface area contributed by atoms with Gasteiger partial charge in [0.1, 0.15) is 0 Å². The van der Waals surface area contributed by atoms with Crippen LogP contribution in [0, 0.1) is 0 Å². The highest BCUT2D eigenvalue weighted by molar-refractivity contribution is 7.98. The van der Waals surface area contributed by atoms with Crippen LogP contribution in [-0.4, -0.2) is 84.5 Å². The molecule has 2 atom stereocenters. The van der Waals surface area contributed by atoms with Crippen molar-refractivity contribution < 1.29 is 33.3 Å². The van der Waals surface area contributed by atoms with Crippen molar-refractivity contribution in [3.05, 3.63) is 59.4 Å². The average Bonchev–Trinajstić information content (AvgIpc) is 3.61. The van der Waals surface area contributed by atoms with Gasteiger partial charge in [0.2, 0.25) is 11.6 Å². The smallest absolute Gasteiger partial charge is 0.361 e. The Morgan fingerprint density at radius 1 is 1.05 bits per heavy atom. The van der Waals surface area contributed by atoms with Crippen LogP contribution in [0.15, 0.2) is 47.4 Å². The second-order valence-corrected chi connectivity index (χ2v) is 10.1. The lowest BCUT2D eigenvalue weighted by atomic mass is 10.1. The zero-order valence-corrected chi connectivity index (χ0v) is 24.4. The molecule has 12 nitrogen and oxygen atoms in total. The number of nitrogens with zero attached hydrogens (tertiary/aromatic N) is 4. The first-order chi connectivity index (χ1) is 19.8. The van der Waals surface area contributed by atoms with Crippen molar-refractivity contribution >= 4 is 35.3 Å².